The molecule has 0 spiro atoms. The Morgan fingerprint density at radius 1 is 0.655 bits per heavy atom. The van der Waals surface area contributed by atoms with Gasteiger partial charge in [-0.1, -0.05) is 78.4 Å². The fraction of sp³-hybridized carbons (Fsp3) is 0.750. The van der Waals surface area contributed by atoms with Crippen molar-refractivity contribution in [3.05, 3.63) is 24.3 Å². The first-order valence-electron chi connectivity index (χ1n) is 11.8. The zero-order valence-electron chi connectivity index (χ0n) is 19.1. The van der Waals surface area contributed by atoms with Crippen LogP contribution in [0.15, 0.2) is 24.3 Å². The number of hydrogen-bond donors (Lipinski definition) is 0. The first-order valence-corrected chi connectivity index (χ1v) is 11.8. The Morgan fingerprint density at radius 3 is 1.48 bits per heavy atom. The van der Waals surface area contributed by atoms with Crippen LogP contribution in [0.25, 0.3) is 0 Å². The topological polar surface area (TPSA) is 34.2 Å². The second-order valence-corrected chi connectivity index (χ2v) is 7.81. The fourth-order valence-electron chi connectivity index (χ4n) is 3.65. The fourth-order valence-corrected chi connectivity index (χ4v) is 3.65. The van der Waals surface area contributed by atoms with Crippen LogP contribution in [0.2, 0.25) is 0 Å². The molecule has 1 heterocycles. The Kier molecular flexibility index (Phi) is 11.4. The van der Waals surface area contributed by atoms with E-state index < -0.39 is 12.8 Å². The SMILES string of the molecule is CCCCCCN(CC)C1Oc2ccccc2OC(N(CC)CCCCCC)O1. The van der Waals surface area contributed by atoms with Gasteiger partial charge in [0, 0.05) is 26.2 Å². The summed E-state index contributed by atoms with van der Waals surface area (Å²) in [7, 11) is 0. The number of benzene rings is 1. The summed E-state index contributed by atoms with van der Waals surface area (Å²) in [5.74, 6) is 1.52. The molecule has 0 saturated heterocycles. The molecule has 0 aliphatic carbocycles. The maximum absolute atomic E-state index is 6.42. The molecule has 166 valence electrons. The van der Waals surface area contributed by atoms with Gasteiger partial charge in [0.1, 0.15) is 0 Å². The van der Waals surface area contributed by atoms with Crippen molar-refractivity contribution < 1.29 is 14.2 Å². The Bertz CT molecular complexity index is 508. The molecule has 0 aromatic heterocycles. The van der Waals surface area contributed by atoms with Crippen LogP contribution in [0.4, 0.5) is 0 Å². The lowest BCUT2D eigenvalue weighted by molar-refractivity contribution is -0.275. The molecule has 1 aromatic rings. The van der Waals surface area contributed by atoms with Crippen LogP contribution in [0, 0.1) is 0 Å². The van der Waals surface area contributed by atoms with E-state index >= 15 is 0 Å². The van der Waals surface area contributed by atoms with Crippen LogP contribution in [0.1, 0.15) is 79.1 Å². The van der Waals surface area contributed by atoms with Gasteiger partial charge in [-0.25, -0.2) is 9.80 Å². The summed E-state index contributed by atoms with van der Waals surface area (Å²) in [5.41, 5.74) is 0. The molecule has 0 saturated carbocycles. The van der Waals surface area contributed by atoms with Gasteiger partial charge in [-0.2, -0.15) is 0 Å². The third-order valence-corrected chi connectivity index (χ3v) is 5.54. The molecule has 0 fully saturated rings. The maximum Gasteiger partial charge on any atom is 0.266 e. The molecule has 0 N–H and O–H groups in total. The molecule has 5 nitrogen and oxygen atoms in total. The van der Waals surface area contributed by atoms with Gasteiger partial charge in [-0.3, -0.25) is 4.74 Å². The first-order chi connectivity index (χ1) is 14.2. The van der Waals surface area contributed by atoms with Gasteiger partial charge >= 0.3 is 0 Å². The number of unbranched alkanes of at least 4 members (excludes halogenated alkanes) is 6. The number of nitrogens with zero attached hydrogens (tertiary/aromatic N) is 2. The average Bonchev–Trinajstić information content (AvgIpc) is 2.93. The Balaban J connectivity index is 2.10. The normalized spacial score (nSPS) is 19.0. The second kappa shape index (κ2) is 13.8. The first kappa shape index (κ1) is 24.0. The molecule has 0 bridgehead atoms. The molecule has 5 heteroatoms. The van der Waals surface area contributed by atoms with Crippen LogP contribution < -0.4 is 9.47 Å². The van der Waals surface area contributed by atoms with Crippen LogP contribution in [-0.4, -0.2) is 48.8 Å². The molecule has 0 radical (unpaired) electrons. The van der Waals surface area contributed by atoms with E-state index in [9.17, 15) is 0 Å². The van der Waals surface area contributed by atoms with Crippen molar-refractivity contribution in [2.45, 2.75) is 91.9 Å². The third-order valence-electron chi connectivity index (χ3n) is 5.54. The minimum absolute atomic E-state index is 0.431. The molecule has 2 atom stereocenters. The van der Waals surface area contributed by atoms with Crippen molar-refractivity contribution in [1.82, 2.24) is 9.80 Å². The van der Waals surface area contributed by atoms with Crippen molar-refractivity contribution in [3.63, 3.8) is 0 Å². The third kappa shape index (κ3) is 7.80. The molecule has 1 aliphatic rings. The van der Waals surface area contributed by atoms with Crippen LogP contribution in [-0.2, 0) is 4.74 Å². The summed E-state index contributed by atoms with van der Waals surface area (Å²) >= 11 is 0. The van der Waals surface area contributed by atoms with Gasteiger partial charge in [0.15, 0.2) is 11.5 Å². The quantitative estimate of drug-likeness (QED) is 0.362. The smallest absolute Gasteiger partial charge is 0.266 e. The number of rotatable bonds is 14. The van der Waals surface area contributed by atoms with Crippen LogP contribution >= 0.6 is 0 Å². The second-order valence-electron chi connectivity index (χ2n) is 7.81. The minimum Gasteiger partial charge on any atom is -0.447 e. The molecular weight excluding hydrogens is 364 g/mol. The van der Waals surface area contributed by atoms with Crippen molar-refractivity contribution in [1.29, 1.82) is 0 Å². The minimum atomic E-state index is -0.431. The number of ether oxygens (including phenoxy) is 3. The summed E-state index contributed by atoms with van der Waals surface area (Å²) in [5, 5.41) is 0. The maximum atomic E-state index is 6.42. The van der Waals surface area contributed by atoms with Crippen molar-refractivity contribution >= 4 is 0 Å². The number of fused-ring (bicyclic) bond motifs is 1. The molecule has 0 amide bonds. The van der Waals surface area contributed by atoms with E-state index in [0.29, 0.717) is 0 Å². The Morgan fingerprint density at radius 2 is 1.10 bits per heavy atom. The van der Waals surface area contributed by atoms with Gasteiger partial charge in [-0.15, -0.1) is 0 Å². The van der Waals surface area contributed by atoms with E-state index in [1.807, 2.05) is 24.3 Å². The lowest BCUT2D eigenvalue weighted by atomic mass is 10.2. The van der Waals surface area contributed by atoms with Gasteiger partial charge in [0.05, 0.1) is 0 Å². The molecule has 2 unspecified atom stereocenters. The standard InChI is InChI=1S/C24H42N2O3/c1-5-9-11-15-19-25(7-3)23-27-21-17-13-14-18-22(21)28-24(29-23)26(8-4)20-16-12-10-6-2/h13-14,17-18,23-24H,5-12,15-16,19-20H2,1-4H3. The van der Waals surface area contributed by atoms with Gasteiger partial charge in [0.25, 0.3) is 12.8 Å². The molecule has 1 aliphatic heterocycles. The van der Waals surface area contributed by atoms with E-state index in [1.165, 1.54) is 38.5 Å². The predicted molar refractivity (Wildman–Crippen MR) is 119 cm³/mol. The van der Waals surface area contributed by atoms with Gasteiger partial charge in [-0.05, 0) is 25.0 Å². The van der Waals surface area contributed by atoms with Crippen LogP contribution in [0.5, 0.6) is 11.5 Å². The Labute approximate surface area is 178 Å². The van der Waals surface area contributed by atoms with E-state index in [1.54, 1.807) is 0 Å². The van der Waals surface area contributed by atoms with Crippen LogP contribution in [0.3, 0.4) is 0 Å². The molecule has 29 heavy (non-hydrogen) atoms. The lowest BCUT2D eigenvalue weighted by Crippen LogP contribution is -2.49. The number of hydrogen-bond acceptors (Lipinski definition) is 5. The highest BCUT2D eigenvalue weighted by atomic mass is 16.8. The number of para-hydroxylation sites is 2. The highest BCUT2D eigenvalue weighted by Crippen LogP contribution is 2.33. The highest BCUT2D eigenvalue weighted by molar-refractivity contribution is 5.39. The summed E-state index contributed by atoms with van der Waals surface area (Å²) in [6.07, 6.45) is 8.99. The lowest BCUT2D eigenvalue weighted by Gasteiger charge is -2.34. The monoisotopic (exact) mass is 406 g/mol. The van der Waals surface area contributed by atoms with E-state index in [-0.39, 0.29) is 0 Å². The molecule has 2 rings (SSSR count). The highest BCUT2D eigenvalue weighted by Gasteiger charge is 2.32. The summed E-state index contributed by atoms with van der Waals surface area (Å²) in [6.45, 7) is 12.5. The van der Waals surface area contributed by atoms with E-state index in [4.69, 9.17) is 14.2 Å². The largest absolute Gasteiger partial charge is 0.447 e. The van der Waals surface area contributed by atoms with E-state index in [2.05, 4.69) is 37.5 Å². The Hall–Kier alpha value is -1.30. The summed E-state index contributed by atoms with van der Waals surface area (Å²) in [4.78, 5) is 4.55. The summed E-state index contributed by atoms with van der Waals surface area (Å²) in [6, 6.07) is 7.91. The molecular formula is C24H42N2O3. The zero-order chi connectivity index (χ0) is 20.9. The summed E-state index contributed by atoms with van der Waals surface area (Å²) < 4.78 is 19.0. The molecule has 1 aromatic carbocycles. The zero-order valence-corrected chi connectivity index (χ0v) is 19.1. The average molecular weight is 407 g/mol. The predicted octanol–water partition coefficient (Wildman–Crippen LogP) is 5.85. The van der Waals surface area contributed by atoms with Crippen molar-refractivity contribution in [3.8, 4) is 11.5 Å². The van der Waals surface area contributed by atoms with Gasteiger partial charge < -0.3 is 9.47 Å². The van der Waals surface area contributed by atoms with Gasteiger partial charge in [0.2, 0.25) is 0 Å². The van der Waals surface area contributed by atoms with E-state index in [0.717, 1.165) is 50.5 Å². The van der Waals surface area contributed by atoms with Crippen molar-refractivity contribution in [2.75, 3.05) is 26.2 Å². The van der Waals surface area contributed by atoms with Crippen molar-refractivity contribution in [2.24, 2.45) is 0 Å².